The van der Waals surface area contributed by atoms with Gasteiger partial charge in [-0.2, -0.15) is 0 Å². The first kappa shape index (κ1) is 12.8. The summed E-state index contributed by atoms with van der Waals surface area (Å²) in [6, 6.07) is 0. The molecule has 5 heteroatoms. The quantitative estimate of drug-likeness (QED) is 0.747. The van der Waals surface area contributed by atoms with E-state index in [1.807, 2.05) is 0 Å². The van der Waals surface area contributed by atoms with Gasteiger partial charge in [-0.25, -0.2) is 10.0 Å². The summed E-state index contributed by atoms with van der Waals surface area (Å²) in [5, 5.41) is 8.68. The number of likely N-dealkylation sites (tertiary alicyclic amines) is 1. The minimum absolute atomic E-state index is 0.567. The van der Waals surface area contributed by atoms with Crippen molar-refractivity contribution in [3.05, 3.63) is 0 Å². The van der Waals surface area contributed by atoms with Crippen molar-refractivity contribution in [2.75, 3.05) is 59.0 Å². The van der Waals surface area contributed by atoms with Gasteiger partial charge in [-0.15, -0.1) is 0 Å². The van der Waals surface area contributed by atoms with Gasteiger partial charge in [-0.1, -0.05) is 6.42 Å². The van der Waals surface area contributed by atoms with Crippen molar-refractivity contribution in [2.24, 2.45) is 0 Å². The molecule has 5 nitrogen and oxygen atoms in total. The van der Waals surface area contributed by atoms with Crippen LogP contribution in [0.1, 0.15) is 19.3 Å². The first-order valence-corrected chi connectivity index (χ1v) is 7.49. The Hall–Kier alpha value is -0.200. The van der Waals surface area contributed by atoms with Gasteiger partial charge < -0.3 is 10.1 Å². The SMILES string of the molecule is C1CCN(C2CNCCN2N2CCOCC2)CC1. The van der Waals surface area contributed by atoms with Crippen LogP contribution in [-0.4, -0.2) is 80.1 Å². The second-order valence-corrected chi connectivity index (χ2v) is 5.51. The Morgan fingerprint density at radius 2 is 1.67 bits per heavy atom. The van der Waals surface area contributed by atoms with E-state index in [1.54, 1.807) is 0 Å². The number of ether oxygens (including phenoxy) is 1. The second-order valence-electron chi connectivity index (χ2n) is 5.51. The molecule has 0 aromatic heterocycles. The van der Waals surface area contributed by atoms with Crippen molar-refractivity contribution in [1.29, 1.82) is 0 Å². The van der Waals surface area contributed by atoms with E-state index >= 15 is 0 Å². The van der Waals surface area contributed by atoms with Gasteiger partial charge in [0, 0.05) is 32.7 Å². The molecule has 1 unspecified atom stereocenters. The molecular weight excluding hydrogens is 228 g/mol. The highest BCUT2D eigenvalue weighted by Gasteiger charge is 2.32. The lowest BCUT2D eigenvalue weighted by Gasteiger charge is -2.49. The summed E-state index contributed by atoms with van der Waals surface area (Å²) in [7, 11) is 0. The van der Waals surface area contributed by atoms with Crippen LogP contribution in [0.3, 0.4) is 0 Å². The Bertz CT molecular complexity index is 225. The molecule has 3 rings (SSSR count). The third-order valence-corrected chi connectivity index (χ3v) is 4.35. The fourth-order valence-electron chi connectivity index (χ4n) is 3.35. The van der Waals surface area contributed by atoms with E-state index in [1.165, 1.54) is 32.4 Å². The van der Waals surface area contributed by atoms with Gasteiger partial charge in [-0.05, 0) is 25.9 Å². The van der Waals surface area contributed by atoms with E-state index in [0.717, 1.165) is 45.9 Å². The Morgan fingerprint density at radius 1 is 0.889 bits per heavy atom. The number of nitrogens with one attached hydrogen (secondary N) is 1. The van der Waals surface area contributed by atoms with E-state index in [-0.39, 0.29) is 0 Å². The molecule has 3 aliphatic heterocycles. The lowest BCUT2D eigenvalue weighted by Crippen LogP contribution is -2.66. The lowest BCUT2D eigenvalue weighted by molar-refractivity contribution is -0.157. The average molecular weight is 254 g/mol. The minimum atomic E-state index is 0.567. The predicted octanol–water partition coefficient (Wildman–Crippen LogP) is -0.0492. The highest BCUT2D eigenvalue weighted by atomic mass is 16.5. The van der Waals surface area contributed by atoms with Gasteiger partial charge in [0.15, 0.2) is 0 Å². The molecule has 3 saturated heterocycles. The van der Waals surface area contributed by atoms with Crippen molar-refractivity contribution in [1.82, 2.24) is 20.2 Å². The number of hydrogen-bond acceptors (Lipinski definition) is 5. The summed E-state index contributed by atoms with van der Waals surface area (Å²) in [6.45, 7) is 9.79. The van der Waals surface area contributed by atoms with Gasteiger partial charge in [-0.3, -0.25) is 4.90 Å². The Morgan fingerprint density at radius 3 is 2.44 bits per heavy atom. The predicted molar refractivity (Wildman–Crippen MR) is 71.2 cm³/mol. The van der Waals surface area contributed by atoms with Crippen LogP contribution in [-0.2, 0) is 4.74 Å². The molecular formula is C13H26N4O. The molecule has 0 radical (unpaired) electrons. The number of nitrogens with zero attached hydrogens (tertiary/aromatic N) is 3. The average Bonchev–Trinajstić information content (AvgIpc) is 2.49. The first-order valence-electron chi connectivity index (χ1n) is 7.49. The zero-order valence-corrected chi connectivity index (χ0v) is 11.3. The number of morpholine rings is 1. The number of hydrazine groups is 1. The molecule has 0 aromatic carbocycles. The zero-order chi connectivity index (χ0) is 12.2. The number of hydrogen-bond donors (Lipinski definition) is 1. The van der Waals surface area contributed by atoms with E-state index in [2.05, 4.69) is 20.2 Å². The molecule has 0 saturated carbocycles. The molecule has 0 amide bonds. The van der Waals surface area contributed by atoms with Crippen LogP contribution < -0.4 is 5.32 Å². The molecule has 0 aromatic rings. The van der Waals surface area contributed by atoms with Gasteiger partial charge in [0.05, 0.1) is 19.4 Å². The van der Waals surface area contributed by atoms with Crippen LogP contribution in [0, 0.1) is 0 Å². The largest absolute Gasteiger partial charge is 0.379 e. The molecule has 18 heavy (non-hydrogen) atoms. The summed E-state index contributed by atoms with van der Waals surface area (Å²) in [6.07, 6.45) is 4.71. The van der Waals surface area contributed by atoms with Gasteiger partial charge in [0.2, 0.25) is 0 Å². The zero-order valence-electron chi connectivity index (χ0n) is 11.3. The van der Waals surface area contributed by atoms with Gasteiger partial charge >= 0.3 is 0 Å². The van der Waals surface area contributed by atoms with Crippen LogP contribution in [0.5, 0.6) is 0 Å². The maximum atomic E-state index is 5.47. The molecule has 1 atom stereocenters. The highest BCUT2D eigenvalue weighted by Crippen LogP contribution is 2.18. The van der Waals surface area contributed by atoms with E-state index in [0.29, 0.717) is 6.17 Å². The topological polar surface area (TPSA) is 31.0 Å². The van der Waals surface area contributed by atoms with Gasteiger partial charge in [0.25, 0.3) is 0 Å². The van der Waals surface area contributed by atoms with Crippen LogP contribution >= 0.6 is 0 Å². The molecule has 1 N–H and O–H groups in total. The Labute approximate surface area is 110 Å². The fourth-order valence-corrected chi connectivity index (χ4v) is 3.35. The highest BCUT2D eigenvalue weighted by molar-refractivity contribution is 4.82. The van der Waals surface area contributed by atoms with E-state index in [4.69, 9.17) is 4.74 Å². The molecule has 0 aliphatic carbocycles. The van der Waals surface area contributed by atoms with E-state index < -0.39 is 0 Å². The number of piperidine rings is 1. The van der Waals surface area contributed by atoms with E-state index in [9.17, 15) is 0 Å². The standard InChI is InChI=1S/C13H26N4O/c1-2-5-15(6-3-1)13-12-14-4-7-17(13)16-8-10-18-11-9-16/h13-14H,1-12H2. The van der Waals surface area contributed by atoms with Crippen LogP contribution in [0.2, 0.25) is 0 Å². The molecule has 104 valence electrons. The lowest BCUT2D eigenvalue weighted by atomic mass is 10.1. The summed E-state index contributed by atoms with van der Waals surface area (Å²) < 4.78 is 5.47. The summed E-state index contributed by atoms with van der Waals surface area (Å²) >= 11 is 0. The first-order chi connectivity index (χ1) is 8.95. The fraction of sp³-hybridized carbons (Fsp3) is 1.00. The monoisotopic (exact) mass is 254 g/mol. The minimum Gasteiger partial charge on any atom is -0.379 e. The summed E-state index contributed by atoms with van der Waals surface area (Å²) in [4.78, 5) is 2.67. The third kappa shape index (κ3) is 2.86. The Balaban J connectivity index is 1.64. The summed E-state index contributed by atoms with van der Waals surface area (Å²) in [5.41, 5.74) is 0. The normalized spacial score (nSPS) is 33.7. The van der Waals surface area contributed by atoms with Crippen molar-refractivity contribution < 1.29 is 4.74 Å². The van der Waals surface area contributed by atoms with Gasteiger partial charge in [0.1, 0.15) is 0 Å². The third-order valence-electron chi connectivity index (χ3n) is 4.35. The van der Waals surface area contributed by atoms with Crippen molar-refractivity contribution >= 4 is 0 Å². The maximum absolute atomic E-state index is 5.47. The molecule has 3 aliphatic rings. The number of rotatable bonds is 2. The van der Waals surface area contributed by atoms with Crippen LogP contribution in [0.25, 0.3) is 0 Å². The Kier molecular flexibility index (Phi) is 4.49. The van der Waals surface area contributed by atoms with Crippen molar-refractivity contribution in [2.45, 2.75) is 25.4 Å². The van der Waals surface area contributed by atoms with Crippen molar-refractivity contribution in [3.63, 3.8) is 0 Å². The van der Waals surface area contributed by atoms with Crippen LogP contribution in [0.4, 0.5) is 0 Å². The summed E-state index contributed by atoms with van der Waals surface area (Å²) in [5.74, 6) is 0. The molecule has 0 bridgehead atoms. The number of piperazine rings is 1. The molecule has 3 fully saturated rings. The molecule has 3 heterocycles. The van der Waals surface area contributed by atoms with Crippen molar-refractivity contribution in [3.8, 4) is 0 Å². The smallest absolute Gasteiger partial charge is 0.0886 e. The second kappa shape index (κ2) is 6.30. The maximum Gasteiger partial charge on any atom is 0.0886 e. The van der Waals surface area contributed by atoms with Crippen LogP contribution in [0.15, 0.2) is 0 Å². The molecule has 0 spiro atoms.